The number of halogens is 3. The number of nitrogens with two attached hydrogens (primary N) is 1. The summed E-state index contributed by atoms with van der Waals surface area (Å²) in [5, 5.41) is 45.9. The molecule has 1 saturated carbocycles. The second kappa shape index (κ2) is 11.7. The van der Waals surface area contributed by atoms with Crippen LogP contribution in [0.3, 0.4) is 0 Å². The summed E-state index contributed by atoms with van der Waals surface area (Å²) in [5.74, 6) is -7.33. The van der Waals surface area contributed by atoms with Gasteiger partial charge in [0, 0.05) is 49.8 Å². The van der Waals surface area contributed by atoms with Gasteiger partial charge in [0.2, 0.25) is 5.78 Å². The number of aliphatic hydroxyl groups excluding tert-OH is 2. The van der Waals surface area contributed by atoms with Crippen LogP contribution in [0.5, 0.6) is 5.75 Å². The first-order valence-corrected chi connectivity index (χ1v) is 14.4. The quantitative estimate of drug-likeness (QED) is 0.257. The maximum absolute atomic E-state index is 14.1. The van der Waals surface area contributed by atoms with Crippen LogP contribution in [0.25, 0.3) is 5.76 Å². The number of fused-ring (bicyclic) bond motifs is 3. The molecule has 0 saturated heterocycles. The van der Waals surface area contributed by atoms with E-state index in [0.29, 0.717) is 23.4 Å². The van der Waals surface area contributed by atoms with Crippen molar-refractivity contribution in [3.8, 4) is 5.75 Å². The third-order valence-electron chi connectivity index (χ3n) is 9.03. The summed E-state index contributed by atoms with van der Waals surface area (Å²) in [7, 11) is 6.54. The van der Waals surface area contributed by atoms with E-state index in [4.69, 9.17) is 5.73 Å². The van der Waals surface area contributed by atoms with Crippen LogP contribution in [0, 0.1) is 11.8 Å². The highest BCUT2D eigenvalue weighted by atomic mass is 19.4. The van der Waals surface area contributed by atoms with Gasteiger partial charge >= 0.3 is 6.18 Å². The monoisotopic (exact) mass is 624 g/mol. The van der Waals surface area contributed by atoms with Crippen LogP contribution in [-0.4, -0.2) is 107 Å². The van der Waals surface area contributed by atoms with E-state index >= 15 is 0 Å². The van der Waals surface area contributed by atoms with Gasteiger partial charge in [-0.15, -0.1) is 0 Å². The Labute approximate surface area is 253 Å². The first-order chi connectivity index (χ1) is 20.4. The van der Waals surface area contributed by atoms with E-state index in [1.807, 2.05) is 0 Å². The molecular weight excluding hydrogens is 585 g/mol. The van der Waals surface area contributed by atoms with Crippen molar-refractivity contribution in [2.45, 2.75) is 57.0 Å². The molecule has 1 aromatic carbocycles. The smallest absolute Gasteiger partial charge is 0.389 e. The fraction of sp³-hybridized carbons (Fsp3) is 0.567. The zero-order chi connectivity index (χ0) is 33.0. The molecule has 3 aliphatic carbocycles. The molecule has 0 spiro atoms. The SMILES string of the molecule is CCN(CCCC(F)(F)F)Cc1cc(N(C)C)c2c(c1O)C(O)=C1C(=O)[C@]3(O)C(O)=C(C(N)=O)C(=O)[C@@H](N(C)C)[C@@H]3C[C@@H]1C2. The number of benzene rings is 1. The Morgan fingerprint density at radius 1 is 1.14 bits per heavy atom. The van der Waals surface area contributed by atoms with Gasteiger partial charge in [-0.3, -0.25) is 24.2 Å². The van der Waals surface area contributed by atoms with Gasteiger partial charge in [-0.2, -0.15) is 13.2 Å². The first kappa shape index (κ1) is 33.3. The van der Waals surface area contributed by atoms with E-state index < -0.39 is 70.6 Å². The first-order valence-electron chi connectivity index (χ1n) is 14.4. The minimum Gasteiger partial charge on any atom is -0.508 e. The summed E-state index contributed by atoms with van der Waals surface area (Å²) in [6.07, 6.45) is -5.31. The number of hydrogen-bond donors (Lipinski definition) is 5. The van der Waals surface area contributed by atoms with Crippen LogP contribution < -0.4 is 10.6 Å². The van der Waals surface area contributed by atoms with E-state index in [0.717, 1.165) is 0 Å². The van der Waals surface area contributed by atoms with E-state index in [9.17, 15) is 48.0 Å². The van der Waals surface area contributed by atoms with Gasteiger partial charge in [-0.25, -0.2) is 0 Å². The molecule has 44 heavy (non-hydrogen) atoms. The predicted octanol–water partition coefficient (Wildman–Crippen LogP) is 2.19. The van der Waals surface area contributed by atoms with Crippen molar-refractivity contribution in [3.63, 3.8) is 0 Å². The van der Waals surface area contributed by atoms with Crippen LogP contribution in [0.2, 0.25) is 0 Å². The summed E-state index contributed by atoms with van der Waals surface area (Å²) in [4.78, 5) is 44.4. The topological polar surface area (TPSA) is 168 Å². The van der Waals surface area contributed by atoms with Crippen LogP contribution in [0.15, 0.2) is 23.0 Å². The Hall–Kier alpha value is -3.62. The zero-order valence-corrected chi connectivity index (χ0v) is 25.3. The number of aliphatic hydroxyl groups is 3. The second-order valence-corrected chi connectivity index (χ2v) is 12.2. The lowest BCUT2D eigenvalue weighted by Crippen LogP contribution is -2.65. The summed E-state index contributed by atoms with van der Waals surface area (Å²) < 4.78 is 38.2. The largest absolute Gasteiger partial charge is 0.508 e. The molecule has 0 aliphatic heterocycles. The van der Waals surface area contributed by atoms with Gasteiger partial charge in [-0.05, 0) is 64.0 Å². The molecule has 0 unspecified atom stereocenters. The molecule has 4 rings (SSSR count). The van der Waals surface area contributed by atoms with Crippen molar-refractivity contribution in [3.05, 3.63) is 39.7 Å². The van der Waals surface area contributed by atoms with Gasteiger partial charge in [0.05, 0.1) is 11.6 Å². The molecule has 14 heteroatoms. The van der Waals surface area contributed by atoms with Crippen molar-refractivity contribution in [1.29, 1.82) is 0 Å². The third-order valence-corrected chi connectivity index (χ3v) is 9.03. The number of amides is 1. The number of aromatic hydroxyl groups is 1. The number of primary amides is 1. The molecule has 11 nitrogen and oxygen atoms in total. The standard InChI is InChI=1S/C30H39F3N4O7/c1-6-37(9-7-8-29(31,32)33)13-15-12-18(35(2)3)16-10-14-11-17-22(36(4)5)25(40)21(28(34)43)27(42)30(17,44)26(41)19(14)24(39)20(16)23(15)38/h12,14,17,22,38-39,42,44H,6-11,13H2,1-5H3,(H2,34,43)/t14-,17-,22-,30-/m0/s1. The van der Waals surface area contributed by atoms with Gasteiger partial charge in [-0.1, -0.05) is 6.92 Å². The maximum atomic E-state index is 14.1. The lowest BCUT2D eigenvalue weighted by Gasteiger charge is -2.50. The average molecular weight is 625 g/mol. The highest BCUT2D eigenvalue weighted by molar-refractivity contribution is 6.24. The van der Waals surface area contributed by atoms with Crippen LogP contribution >= 0.6 is 0 Å². The molecule has 0 radical (unpaired) electrons. The molecule has 0 aromatic heterocycles. The number of rotatable bonds is 9. The highest BCUT2D eigenvalue weighted by Gasteiger charge is 2.64. The van der Waals surface area contributed by atoms with Gasteiger partial charge in [0.1, 0.15) is 22.8 Å². The van der Waals surface area contributed by atoms with Gasteiger partial charge in [0.25, 0.3) is 5.91 Å². The fourth-order valence-electron chi connectivity index (χ4n) is 6.96. The minimum absolute atomic E-state index is 0.0377. The fourth-order valence-corrected chi connectivity index (χ4v) is 6.96. The van der Waals surface area contributed by atoms with Crippen LogP contribution in [-0.2, 0) is 27.3 Å². The molecule has 3 aliphatic rings. The molecule has 0 heterocycles. The number of carbonyl (C=O) groups is 3. The predicted molar refractivity (Wildman–Crippen MR) is 155 cm³/mol. The average Bonchev–Trinajstić information content (AvgIpc) is 2.90. The number of phenolic OH excluding ortho intramolecular Hbond substituents is 1. The highest BCUT2D eigenvalue weighted by Crippen LogP contribution is 2.54. The Balaban J connectivity index is 1.85. The normalized spacial score (nSPS) is 25.4. The number of alkyl halides is 3. The number of hydrogen-bond acceptors (Lipinski definition) is 10. The molecular formula is C30H39F3N4O7. The lowest BCUT2D eigenvalue weighted by atomic mass is 9.57. The van der Waals surface area contributed by atoms with Crippen molar-refractivity contribution in [1.82, 2.24) is 9.80 Å². The molecule has 242 valence electrons. The molecule has 4 atom stereocenters. The van der Waals surface area contributed by atoms with Crippen molar-refractivity contribution in [2.75, 3.05) is 46.2 Å². The Bertz CT molecular complexity index is 1450. The number of phenols is 1. The molecule has 1 fully saturated rings. The van der Waals surface area contributed by atoms with Crippen LogP contribution in [0.1, 0.15) is 42.9 Å². The molecule has 0 bridgehead atoms. The number of Topliss-reactive ketones (excluding diaryl/α,β-unsaturated/α-hetero) is 2. The van der Waals surface area contributed by atoms with E-state index in [1.54, 1.807) is 36.9 Å². The van der Waals surface area contributed by atoms with Crippen molar-refractivity contribution in [2.24, 2.45) is 17.6 Å². The Morgan fingerprint density at radius 3 is 2.30 bits per heavy atom. The number of ketones is 2. The Kier molecular flexibility index (Phi) is 8.86. The summed E-state index contributed by atoms with van der Waals surface area (Å²) in [5.41, 5.74) is 2.80. The van der Waals surface area contributed by atoms with Crippen molar-refractivity contribution < 1.29 is 48.0 Å². The summed E-state index contributed by atoms with van der Waals surface area (Å²) in [6, 6.07) is 0.509. The zero-order valence-electron chi connectivity index (χ0n) is 25.3. The van der Waals surface area contributed by atoms with Gasteiger partial charge in [0.15, 0.2) is 11.4 Å². The maximum Gasteiger partial charge on any atom is 0.389 e. The summed E-state index contributed by atoms with van der Waals surface area (Å²) in [6.45, 7) is 2.31. The van der Waals surface area contributed by atoms with Gasteiger partial charge < -0.3 is 31.1 Å². The number of nitrogens with zero attached hydrogens (tertiary/aromatic N) is 3. The third kappa shape index (κ3) is 5.43. The van der Waals surface area contributed by atoms with E-state index in [1.165, 1.54) is 19.0 Å². The van der Waals surface area contributed by atoms with Crippen molar-refractivity contribution >= 4 is 28.9 Å². The molecule has 1 amide bonds. The van der Waals surface area contributed by atoms with E-state index in [-0.39, 0.29) is 49.2 Å². The Morgan fingerprint density at radius 2 is 1.77 bits per heavy atom. The minimum atomic E-state index is -4.30. The number of likely N-dealkylation sites (N-methyl/N-ethyl adjacent to an activating group) is 1. The second-order valence-electron chi connectivity index (χ2n) is 12.2. The summed E-state index contributed by atoms with van der Waals surface area (Å²) >= 11 is 0. The number of anilines is 1. The number of carbonyl (C=O) groups excluding carboxylic acids is 3. The van der Waals surface area contributed by atoms with Crippen LogP contribution in [0.4, 0.5) is 18.9 Å². The molecule has 1 aromatic rings. The lowest BCUT2D eigenvalue weighted by molar-refractivity contribution is -0.153. The van der Waals surface area contributed by atoms with E-state index in [2.05, 4.69) is 0 Å². The molecule has 6 N–H and O–H groups in total.